The molecule has 0 atom stereocenters. The number of H-pyrrole nitrogens is 1. The number of imidazole rings is 1. The second-order valence-corrected chi connectivity index (χ2v) is 7.40. The topological polar surface area (TPSA) is 122 Å². The minimum absolute atomic E-state index is 0.413. The molecule has 0 unspecified atom stereocenters. The van der Waals surface area contributed by atoms with Gasteiger partial charge >= 0.3 is 0 Å². The van der Waals surface area contributed by atoms with E-state index in [-0.39, 0.29) is 0 Å². The van der Waals surface area contributed by atoms with Gasteiger partial charge in [-0.05, 0) is 35.9 Å². The van der Waals surface area contributed by atoms with Crippen LogP contribution >= 0.6 is 0 Å². The maximum Gasteiger partial charge on any atom is 0.240 e. The first kappa shape index (κ1) is 23.1. The van der Waals surface area contributed by atoms with Gasteiger partial charge in [-0.2, -0.15) is 4.98 Å². The van der Waals surface area contributed by atoms with Gasteiger partial charge in [0.25, 0.3) is 0 Å². The molecule has 0 bridgehead atoms. The van der Waals surface area contributed by atoms with Gasteiger partial charge in [0.15, 0.2) is 0 Å². The smallest absolute Gasteiger partial charge is 0.240 e. The van der Waals surface area contributed by atoms with Crippen LogP contribution in [0, 0.1) is 5.41 Å². The van der Waals surface area contributed by atoms with Gasteiger partial charge in [0.05, 0.1) is 25.0 Å². The molecule has 0 aliphatic carbocycles. The molecule has 2 aromatic carbocycles. The number of nitrogens with one attached hydrogen (secondary N) is 3. The Morgan fingerprint density at radius 3 is 2.76 bits per heavy atom. The molecule has 2 aromatic heterocycles. The van der Waals surface area contributed by atoms with E-state index in [0.717, 1.165) is 16.8 Å². The van der Waals surface area contributed by atoms with Crippen LogP contribution < -0.4 is 10.1 Å². The third-order valence-corrected chi connectivity index (χ3v) is 4.89. The molecule has 4 rings (SSSR count). The fourth-order valence-electron chi connectivity index (χ4n) is 3.27. The normalized spacial score (nSPS) is 11.2. The van der Waals surface area contributed by atoms with Gasteiger partial charge in [-0.15, -0.1) is 0 Å². The molecule has 0 aliphatic heterocycles. The van der Waals surface area contributed by atoms with Crippen LogP contribution in [0.4, 0.5) is 0 Å². The highest BCUT2D eigenvalue weighted by Crippen LogP contribution is 2.30. The first-order valence-electron chi connectivity index (χ1n) is 10.8. The summed E-state index contributed by atoms with van der Waals surface area (Å²) in [6, 6.07) is 15.9. The summed E-state index contributed by atoms with van der Waals surface area (Å²) in [6.45, 7) is 2.06. The maximum absolute atomic E-state index is 7.14. The van der Waals surface area contributed by atoms with Crippen LogP contribution in [0.5, 0.6) is 5.75 Å². The Bertz CT molecular complexity index is 1230. The number of allylic oxidation sites excluding steroid dienone is 1. The van der Waals surface area contributed by atoms with Crippen molar-refractivity contribution in [2.24, 2.45) is 0 Å². The fourth-order valence-corrected chi connectivity index (χ4v) is 3.27. The lowest BCUT2D eigenvalue weighted by atomic mass is 10.1. The first-order chi connectivity index (χ1) is 16.7. The van der Waals surface area contributed by atoms with E-state index in [9.17, 15) is 0 Å². The number of methoxy groups -OCH3 is 1. The minimum Gasteiger partial charge on any atom is -0.491 e. The highest BCUT2D eigenvalue weighted by atomic mass is 16.5. The van der Waals surface area contributed by atoms with Gasteiger partial charge < -0.3 is 29.7 Å². The summed E-state index contributed by atoms with van der Waals surface area (Å²) in [5.74, 6) is 2.28. The zero-order valence-electron chi connectivity index (χ0n) is 18.8. The highest BCUT2D eigenvalue weighted by Gasteiger charge is 2.13. The predicted octanol–water partition coefficient (Wildman–Crippen LogP) is 4.10. The summed E-state index contributed by atoms with van der Waals surface area (Å²) in [5.41, 5.74) is 3.60. The predicted molar refractivity (Wildman–Crippen MR) is 129 cm³/mol. The summed E-state index contributed by atoms with van der Waals surface area (Å²) in [7, 11) is 1.63. The Labute approximate surface area is 197 Å². The number of hydrogen-bond donors (Lipinski definition) is 3. The van der Waals surface area contributed by atoms with Gasteiger partial charge in [0, 0.05) is 31.0 Å². The Hall–Kier alpha value is -4.08. The largest absolute Gasteiger partial charge is 0.491 e. The van der Waals surface area contributed by atoms with E-state index < -0.39 is 0 Å². The molecular weight excluding hydrogens is 432 g/mol. The van der Waals surface area contributed by atoms with Gasteiger partial charge in [-0.25, -0.2) is 4.98 Å². The Morgan fingerprint density at radius 2 is 1.94 bits per heavy atom. The highest BCUT2D eigenvalue weighted by molar-refractivity contribution is 5.75. The van der Waals surface area contributed by atoms with Crippen LogP contribution in [-0.4, -0.2) is 46.6 Å². The quantitative estimate of drug-likeness (QED) is 0.216. The minimum atomic E-state index is 0.413. The van der Waals surface area contributed by atoms with Crippen molar-refractivity contribution in [3.63, 3.8) is 0 Å². The molecule has 9 heteroatoms. The zero-order valence-corrected chi connectivity index (χ0v) is 18.8. The molecule has 0 saturated carbocycles. The lowest BCUT2D eigenvalue weighted by molar-refractivity contribution is 0.146. The van der Waals surface area contributed by atoms with Crippen LogP contribution in [0.15, 0.2) is 65.3 Å². The average molecular weight is 459 g/mol. The van der Waals surface area contributed by atoms with E-state index in [1.54, 1.807) is 25.5 Å². The van der Waals surface area contributed by atoms with Crippen molar-refractivity contribution in [3.8, 4) is 28.4 Å². The molecule has 34 heavy (non-hydrogen) atoms. The van der Waals surface area contributed by atoms with Gasteiger partial charge in [-0.3, -0.25) is 0 Å². The molecule has 0 radical (unpaired) electrons. The monoisotopic (exact) mass is 458 g/mol. The van der Waals surface area contributed by atoms with Crippen LogP contribution in [0.1, 0.15) is 17.3 Å². The molecule has 2 heterocycles. The molecule has 0 aliphatic rings. The second kappa shape index (κ2) is 11.7. The molecule has 4 aromatic rings. The van der Waals surface area contributed by atoms with Gasteiger partial charge in [0.2, 0.25) is 11.7 Å². The van der Waals surface area contributed by atoms with Crippen LogP contribution in [0.3, 0.4) is 0 Å². The molecule has 3 N–H and O–H groups in total. The van der Waals surface area contributed by atoms with E-state index in [2.05, 4.69) is 37.6 Å². The molecule has 0 spiro atoms. The second-order valence-electron chi connectivity index (χ2n) is 7.40. The lowest BCUT2D eigenvalue weighted by Crippen LogP contribution is -2.12. The molecule has 9 nitrogen and oxygen atoms in total. The van der Waals surface area contributed by atoms with Crippen LogP contribution in [0.25, 0.3) is 28.7 Å². The Morgan fingerprint density at radius 1 is 1.09 bits per heavy atom. The summed E-state index contributed by atoms with van der Waals surface area (Å²) in [4.78, 5) is 12.1. The van der Waals surface area contributed by atoms with E-state index in [1.165, 1.54) is 11.8 Å². The summed E-state index contributed by atoms with van der Waals surface area (Å²) in [6.07, 6.45) is 6.26. The SMILES string of the molecule is COCCOc1cc(-c2noc(CNCc3ccccc3)n2)cc(-c2cnc(C=CC=N)[nH]2)c1. The first-order valence-corrected chi connectivity index (χ1v) is 10.8. The van der Waals surface area contributed by atoms with Crippen molar-refractivity contribution >= 4 is 12.3 Å². The molecule has 0 amide bonds. The standard InChI is InChI=1S/C25H26N6O3/c1-32-10-11-33-21-13-19(22-16-28-23(29-22)8-5-9-26)12-20(14-21)25-30-24(34-31-25)17-27-15-18-6-3-2-4-7-18/h2-9,12-14,16,26-27H,10-11,15,17H2,1H3,(H,28,29). The Kier molecular flexibility index (Phi) is 7.94. The summed E-state index contributed by atoms with van der Waals surface area (Å²) >= 11 is 0. The number of rotatable bonds is 12. The number of ether oxygens (including phenoxy) is 2. The number of nitrogens with zero attached hydrogens (tertiary/aromatic N) is 3. The van der Waals surface area contributed by atoms with Crippen LogP contribution in [-0.2, 0) is 17.8 Å². The van der Waals surface area contributed by atoms with Crippen molar-refractivity contribution < 1.29 is 14.0 Å². The Balaban J connectivity index is 1.53. The molecular formula is C25H26N6O3. The zero-order chi connectivity index (χ0) is 23.6. The third kappa shape index (κ3) is 6.25. The summed E-state index contributed by atoms with van der Waals surface area (Å²) < 4.78 is 16.4. The van der Waals surface area contributed by atoms with Gasteiger partial charge in [-0.1, -0.05) is 35.5 Å². The molecule has 0 saturated heterocycles. The molecule has 174 valence electrons. The number of aromatic nitrogens is 4. The number of aromatic amines is 1. The van der Waals surface area contributed by atoms with Crippen molar-refractivity contribution in [2.45, 2.75) is 13.1 Å². The number of benzene rings is 2. The van der Waals surface area contributed by atoms with Gasteiger partial charge in [0.1, 0.15) is 18.2 Å². The molecule has 0 fully saturated rings. The van der Waals surface area contributed by atoms with Crippen molar-refractivity contribution in [1.82, 2.24) is 25.4 Å². The number of hydrogen-bond acceptors (Lipinski definition) is 8. The fraction of sp³-hybridized carbons (Fsp3) is 0.200. The van der Waals surface area contributed by atoms with Crippen LogP contribution in [0.2, 0.25) is 0 Å². The van der Waals surface area contributed by atoms with E-state index in [0.29, 0.717) is 49.6 Å². The summed E-state index contributed by atoms with van der Waals surface area (Å²) in [5, 5.41) is 14.6. The average Bonchev–Trinajstić information content (AvgIpc) is 3.54. The maximum atomic E-state index is 7.14. The van der Waals surface area contributed by atoms with E-state index in [4.69, 9.17) is 19.4 Å². The van der Waals surface area contributed by atoms with Crippen molar-refractivity contribution in [1.29, 1.82) is 5.41 Å². The van der Waals surface area contributed by atoms with E-state index >= 15 is 0 Å². The van der Waals surface area contributed by atoms with E-state index in [1.807, 2.05) is 36.4 Å². The van der Waals surface area contributed by atoms with Crippen molar-refractivity contribution in [2.75, 3.05) is 20.3 Å². The van der Waals surface area contributed by atoms with Crippen molar-refractivity contribution in [3.05, 3.63) is 78.1 Å². The lowest BCUT2D eigenvalue weighted by Gasteiger charge is -2.09. The third-order valence-electron chi connectivity index (χ3n) is 4.89.